The Hall–Kier alpha value is -3.22. The number of pyridine rings is 1. The second-order valence-corrected chi connectivity index (χ2v) is 5.88. The van der Waals surface area contributed by atoms with E-state index in [-0.39, 0.29) is 24.6 Å². The molecule has 0 bridgehead atoms. The zero-order valence-electron chi connectivity index (χ0n) is 16.4. The topological polar surface area (TPSA) is 91.8 Å². The van der Waals surface area contributed by atoms with Gasteiger partial charge in [-0.2, -0.15) is 0 Å². The highest BCUT2D eigenvalue weighted by Crippen LogP contribution is 2.33. The van der Waals surface area contributed by atoms with Crippen LogP contribution in [-0.2, 0) is 23.8 Å². The number of rotatable bonds is 7. The average molecular weight is 385 g/mol. The summed E-state index contributed by atoms with van der Waals surface area (Å²) in [6.45, 7) is 5.23. The Morgan fingerprint density at radius 2 is 1.57 bits per heavy atom. The minimum absolute atomic E-state index is 0.00622. The van der Waals surface area contributed by atoms with Crippen LogP contribution in [0.2, 0.25) is 0 Å². The van der Waals surface area contributed by atoms with Crippen LogP contribution in [-0.4, -0.2) is 43.2 Å². The van der Waals surface area contributed by atoms with Crippen LogP contribution in [0.5, 0.6) is 0 Å². The third-order valence-corrected chi connectivity index (χ3v) is 4.02. The molecule has 7 heteroatoms. The molecule has 0 spiro atoms. The molecule has 2 rings (SSSR count). The minimum Gasteiger partial charge on any atom is -0.465 e. The van der Waals surface area contributed by atoms with E-state index < -0.39 is 23.8 Å². The highest BCUT2D eigenvalue weighted by atomic mass is 16.6. The van der Waals surface area contributed by atoms with Crippen molar-refractivity contribution in [3.8, 4) is 11.1 Å². The second-order valence-electron chi connectivity index (χ2n) is 5.88. The summed E-state index contributed by atoms with van der Waals surface area (Å²) in [6.07, 6.45) is 0. The smallest absolute Gasteiger partial charge is 0.356 e. The lowest BCUT2D eigenvalue weighted by Crippen LogP contribution is -2.28. The number of hydrogen-bond donors (Lipinski definition) is 0. The predicted octanol–water partition coefficient (Wildman–Crippen LogP) is 3.05. The van der Waals surface area contributed by atoms with E-state index in [4.69, 9.17) is 14.2 Å². The van der Waals surface area contributed by atoms with Gasteiger partial charge in [0.05, 0.1) is 26.0 Å². The van der Waals surface area contributed by atoms with E-state index >= 15 is 0 Å². The van der Waals surface area contributed by atoms with Gasteiger partial charge in [0.15, 0.2) is 5.92 Å². The van der Waals surface area contributed by atoms with Gasteiger partial charge in [0.1, 0.15) is 5.69 Å². The lowest BCUT2D eigenvalue weighted by molar-refractivity contribution is -0.157. The largest absolute Gasteiger partial charge is 0.465 e. The van der Waals surface area contributed by atoms with Crippen LogP contribution in [0.3, 0.4) is 0 Å². The molecule has 0 N–H and O–H groups in total. The molecule has 7 nitrogen and oxygen atoms in total. The van der Waals surface area contributed by atoms with E-state index in [0.717, 1.165) is 5.56 Å². The fourth-order valence-corrected chi connectivity index (χ4v) is 2.87. The Bertz CT molecular complexity index is 845. The molecule has 0 radical (unpaired) electrons. The van der Waals surface area contributed by atoms with Gasteiger partial charge in [-0.15, -0.1) is 0 Å². The first-order valence-electron chi connectivity index (χ1n) is 8.93. The van der Waals surface area contributed by atoms with Crippen LogP contribution >= 0.6 is 0 Å². The Kier molecular flexibility index (Phi) is 7.26. The maximum absolute atomic E-state index is 12.6. The normalized spacial score (nSPS) is 10.5. The van der Waals surface area contributed by atoms with Gasteiger partial charge in [-0.05, 0) is 38.0 Å². The predicted molar refractivity (Wildman–Crippen MR) is 102 cm³/mol. The molecule has 0 aliphatic carbocycles. The van der Waals surface area contributed by atoms with Crippen molar-refractivity contribution in [3.63, 3.8) is 0 Å². The number of benzene rings is 1. The maximum Gasteiger partial charge on any atom is 0.356 e. The highest BCUT2D eigenvalue weighted by molar-refractivity contribution is 6.02. The van der Waals surface area contributed by atoms with E-state index in [1.165, 1.54) is 7.11 Å². The molecule has 1 heterocycles. The molecular weight excluding hydrogens is 362 g/mol. The van der Waals surface area contributed by atoms with Crippen molar-refractivity contribution in [2.45, 2.75) is 26.7 Å². The number of hydrogen-bond acceptors (Lipinski definition) is 7. The van der Waals surface area contributed by atoms with Gasteiger partial charge >= 0.3 is 17.9 Å². The van der Waals surface area contributed by atoms with E-state index in [1.807, 2.05) is 30.3 Å². The summed E-state index contributed by atoms with van der Waals surface area (Å²) in [7, 11) is 1.23. The molecule has 0 aliphatic rings. The lowest BCUT2D eigenvalue weighted by atomic mass is 9.91. The zero-order chi connectivity index (χ0) is 20.7. The number of aryl methyl sites for hydroxylation is 1. The van der Waals surface area contributed by atoms with Gasteiger partial charge in [0, 0.05) is 5.56 Å². The number of carbonyl (C=O) groups is 3. The van der Waals surface area contributed by atoms with Crippen LogP contribution in [0.1, 0.15) is 41.5 Å². The monoisotopic (exact) mass is 385 g/mol. The van der Waals surface area contributed by atoms with Gasteiger partial charge in [-0.25, -0.2) is 9.78 Å². The molecule has 0 amide bonds. The van der Waals surface area contributed by atoms with Crippen molar-refractivity contribution in [2.24, 2.45) is 0 Å². The number of esters is 3. The SMILES string of the molecule is CCOC(=O)C(C(=O)OCC)c1nc(C(=O)OC)cc(C)c1-c1ccccc1. The van der Waals surface area contributed by atoms with Crippen molar-refractivity contribution in [2.75, 3.05) is 20.3 Å². The summed E-state index contributed by atoms with van der Waals surface area (Å²) < 4.78 is 14.9. The molecule has 0 fully saturated rings. The van der Waals surface area contributed by atoms with Crippen molar-refractivity contribution < 1.29 is 28.6 Å². The standard InChI is InChI=1S/C21H23NO6/c1-5-27-20(24)17(21(25)28-6-2)18-16(14-10-8-7-9-11-14)13(3)12-15(22-18)19(23)26-4/h7-12,17H,5-6H2,1-4H3. The summed E-state index contributed by atoms with van der Waals surface area (Å²) >= 11 is 0. The van der Waals surface area contributed by atoms with Crippen molar-refractivity contribution in [1.82, 2.24) is 4.98 Å². The second kappa shape index (κ2) is 9.64. The minimum atomic E-state index is -1.42. The third kappa shape index (κ3) is 4.54. The van der Waals surface area contributed by atoms with E-state index in [9.17, 15) is 14.4 Å². The van der Waals surface area contributed by atoms with E-state index in [1.54, 1.807) is 26.8 Å². The molecule has 148 valence electrons. The number of carbonyl (C=O) groups excluding carboxylic acids is 3. The summed E-state index contributed by atoms with van der Waals surface area (Å²) in [5.41, 5.74) is 2.07. The van der Waals surface area contributed by atoms with Crippen LogP contribution < -0.4 is 0 Å². The highest BCUT2D eigenvalue weighted by Gasteiger charge is 2.36. The van der Waals surface area contributed by atoms with Gasteiger partial charge in [0.25, 0.3) is 0 Å². The number of nitrogens with zero attached hydrogens (tertiary/aromatic N) is 1. The van der Waals surface area contributed by atoms with Crippen molar-refractivity contribution >= 4 is 17.9 Å². The van der Waals surface area contributed by atoms with Crippen LogP contribution in [0.4, 0.5) is 0 Å². The van der Waals surface area contributed by atoms with Gasteiger partial charge in [-0.3, -0.25) is 9.59 Å². The first kappa shape index (κ1) is 21.1. The Balaban J connectivity index is 2.77. The molecule has 0 unspecified atom stereocenters. The zero-order valence-corrected chi connectivity index (χ0v) is 16.4. The summed E-state index contributed by atoms with van der Waals surface area (Å²) in [4.78, 5) is 41.6. The summed E-state index contributed by atoms with van der Waals surface area (Å²) in [5.74, 6) is -3.66. The molecule has 0 atom stereocenters. The van der Waals surface area contributed by atoms with Crippen LogP contribution in [0.25, 0.3) is 11.1 Å². The maximum atomic E-state index is 12.6. The molecule has 2 aromatic rings. The molecular formula is C21H23NO6. The van der Waals surface area contributed by atoms with E-state index in [2.05, 4.69) is 4.98 Å². The fourth-order valence-electron chi connectivity index (χ4n) is 2.87. The van der Waals surface area contributed by atoms with E-state index in [0.29, 0.717) is 11.1 Å². The number of aromatic nitrogens is 1. The van der Waals surface area contributed by atoms with Gasteiger partial charge in [-0.1, -0.05) is 30.3 Å². The quantitative estimate of drug-likeness (QED) is 0.411. The molecule has 0 aliphatic heterocycles. The lowest BCUT2D eigenvalue weighted by Gasteiger charge is -2.20. The Morgan fingerprint density at radius 3 is 2.07 bits per heavy atom. The van der Waals surface area contributed by atoms with Crippen molar-refractivity contribution in [1.29, 1.82) is 0 Å². The average Bonchev–Trinajstić information content (AvgIpc) is 2.68. The number of methoxy groups -OCH3 is 1. The van der Waals surface area contributed by atoms with Gasteiger partial charge < -0.3 is 14.2 Å². The summed E-state index contributed by atoms with van der Waals surface area (Å²) in [6, 6.07) is 10.7. The van der Waals surface area contributed by atoms with Gasteiger partial charge in [0.2, 0.25) is 0 Å². The Morgan fingerprint density at radius 1 is 1.00 bits per heavy atom. The Labute approximate surface area is 163 Å². The fraction of sp³-hybridized carbons (Fsp3) is 0.333. The van der Waals surface area contributed by atoms with Crippen molar-refractivity contribution in [3.05, 3.63) is 53.3 Å². The molecule has 0 saturated carbocycles. The summed E-state index contributed by atoms with van der Waals surface area (Å²) in [5, 5.41) is 0. The molecule has 1 aromatic heterocycles. The number of ether oxygens (including phenoxy) is 3. The molecule has 0 saturated heterocycles. The third-order valence-electron chi connectivity index (χ3n) is 4.02. The first-order valence-corrected chi connectivity index (χ1v) is 8.93. The molecule has 1 aromatic carbocycles. The first-order chi connectivity index (χ1) is 13.4. The van der Waals surface area contributed by atoms with Crippen LogP contribution in [0.15, 0.2) is 36.4 Å². The molecule has 28 heavy (non-hydrogen) atoms. The van der Waals surface area contributed by atoms with Crippen LogP contribution in [0, 0.1) is 6.92 Å².